The molecular formula is C21H19ClFN3O2. The fraction of sp³-hybridized carbons (Fsp3) is 0.238. The van der Waals surface area contributed by atoms with E-state index in [2.05, 4.69) is 16.9 Å². The molecule has 0 aliphatic carbocycles. The molecule has 0 bridgehead atoms. The zero-order valence-corrected chi connectivity index (χ0v) is 16.3. The van der Waals surface area contributed by atoms with Crippen molar-refractivity contribution in [1.82, 2.24) is 14.9 Å². The molecule has 0 atom stereocenters. The molecule has 1 aromatic carbocycles. The van der Waals surface area contributed by atoms with Gasteiger partial charge in [0.25, 0.3) is 0 Å². The van der Waals surface area contributed by atoms with Crippen molar-refractivity contribution >= 4 is 34.3 Å². The van der Waals surface area contributed by atoms with Gasteiger partial charge in [0, 0.05) is 24.7 Å². The Morgan fingerprint density at radius 1 is 1.36 bits per heavy atom. The third-order valence-electron chi connectivity index (χ3n) is 5.10. The van der Waals surface area contributed by atoms with Gasteiger partial charge in [-0.3, -0.25) is 0 Å². The quantitative estimate of drug-likeness (QED) is 0.638. The molecule has 0 fully saturated rings. The Kier molecular flexibility index (Phi) is 4.81. The Hall–Kier alpha value is -2.86. The molecule has 3 heterocycles. The number of hydrogen-bond donors (Lipinski definition) is 1. The number of methoxy groups -OCH3 is 1. The van der Waals surface area contributed by atoms with Crippen molar-refractivity contribution in [3.8, 4) is 11.3 Å². The number of rotatable bonds is 2. The first kappa shape index (κ1) is 18.5. The zero-order valence-electron chi connectivity index (χ0n) is 15.6. The number of hydrogen-bond acceptors (Lipinski definition) is 3. The molecule has 7 heteroatoms. The predicted octanol–water partition coefficient (Wildman–Crippen LogP) is 5.27. The maximum atomic E-state index is 14.3. The molecule has 0 saturated carbocycles. The first-order chi connectivity index (χ1) is 13.5. The minimum Gasteiger partial charge on any atom is -0.453 e. The lowest BCUT2D eigenvalue weighted by atomic mass is 9.96. The summed E-state index contributed by atoms with van der Waals surface area (Å²) in [4.78, 5) is 21.2. The highest BCUT2D eigenvalue weighted by Crippen LogP contribution is 2.33. The van der Waals surface area contributed by atoms with E-state index in [1.165, 1.54) is 18.7 Å². The van der Waals surface area contributed by atoms with Crippen molar-refractivity contribution in [1.29, 1.82) is 0 Å². The molecule has 2 aromatic heterocycles. The maximum Gasteiger partial charge on any atom is 0.409 e. The first-order valence-electron chi connectivity index (χ1n) is 8.93. The van der Waals surface area contributed by atoms with Crippen LogP contribution in [0.15, 0.2) is 42.1 Å². The maximum absolute atomic E-state index is 14.3. The second-order valence-corrected chi connectivity index (χ2v) is 7.25. The van der Waals surface area contributed by atoms with Gasteiger partial charge in [0.2, 0.25) is 0 Å². The molecule has 1 N–H and O–H groups in total. The van der Waals surface area contributed by atoms with Gasteiger partial charge in [-0.15, -0.1) is 0 Å². The second-order valence-electron chi connectivity index (χ2n) is 6.84. The normalized spacial score (nSPS) is 14.6. The molecule has 4 rings (SSSR count). The highest BCUT2D eigenvalue weighted by molar-refractivity contribution is 6.33. The van der Waals surface area contributed by atoms with Crippen LogP contribution in [0.2, 0.25) is 5.02 Å². The second kappa shape index (κ2) is 7.28. The Bertz CT molecular complexity index is 1090. The SMILES string of the molecule is COC(=O)N1CCC(C)=C(c2cnc3[nH]c(-c4c(F)cccc4Cl)cc3c2)C1. The van der Waals surface area contributed by atoms with Gasteiger partial charge in [-0.2, -0.15) is 0 Å². The minimum absolute atomic E-state index is 0.327. The van der Waals surface area contributed by atoms with Gasteiger partial charge in [-0.25, -0.2) is 14.2 Å². The molecule has 144 valence electrons. The Labute approximate surface area is 166 Å². The van der Waals surface area contributed by atoms with Gasteiger partial charge in [0.15, 0.2) is 0 Å². The van der Waals surface area contributed by atoms with Gasteiger partial charge in [0.05, 0.1) is 23.4 Å². The van der Waals surface area contributed by atoms with Crippen LogP contribution in [0.4, 0.5) is 9.18 Å². The monoisotopic (exact) mass is 399 g/mol. The van der Waals surface area contributed by atoms with Crippen molar-refractivity contribution in [3.63, 3.8) is 0 Å². The molecule has 1 aliphatic heterocycles. The molecular weight excluding hydrogens is 381 g/mol. The van der Waals surface area contributed by atoms with Crippen molar-refractivity contribution < 1.29 is 13.9 Å². The topological polar surface area (TPSA) is 58.2 Å². The van der Waals surface area contributed by atoms with Crippen LogP contribution < -0.4 is 0 Å². The summed E-state index contributed by atoms with van der Waals surface area (Å²) in [6, 6.07) is 8.44. The van der Waals surface area contributed by atoms with Crippen LogP contribution in [0.25, 0.3) is 27.9 Å². The average molecular weight is 400 g/mol. The number of fused-ring (bicyclic) bond motifs is 1. The van der Waals surface area contributed by atoms with E-state index in [9.17, 15) is 9.18 Å². The van der Waals surface area contributed by atoms with Crippen LogP contribution in [-0.2, 0) is 4.74 Å². The molecule has 28 heavy (non-hydrogen) atoms. The summed E-state index contributed by atoms with van der Waals surface area (Å²) in [7, 11) is 1.38. The smallest absolute Gasteiger partial charge is 0.409 e. The van der Waals surface area contributed by atoms with Gasteiger partial charge in [0.1, 0.15) is 11.5 Å². The lowest BCUT2D eigenvalue weighted by Gasteiger charge is -2.29. The summed E-state index contributed by atoms with van der Waals surface area (Å²) < 4.78 is 19.1. The average Bonchev–Trinajstić information content (AvgIpc) is 3.10. The Balaban J connectivity index is 1.74. The van der Waals surface area contributed by atoms with Gasteiger partial charge < -0.3 is 14.6 Å². The van der Waals surface area contributed by atoms with E-state index < -0.39 is 0 Å². The summed E-state index contributed by atoms with van der Waals surface area (Å²) >= 11 is 6.19. The van der Waals surface area contributed by atoms with Crippen LogP contribution in [0.3, 0.4) is 0 Å². The Morgan fingerprint density at radius 3 is 2.93 bits per heavy atom. The van der Waals surface area contributed by atoms with E-state index in [0.29, 0.717) is 35.0 Å². The number of H-pyrrole nitrogens is 1. The summed E-state index contributed by atoms with van der Waals surface area (Å²) in [5.74, 6) is -0.390. The van der Waals surface area contributed by atoms with Gasteiger partial charge in [-0.1, -0.05) is 23.2 Å². The summed E-state index contributed by atoms with van der Waals surface area (Å²) in [5.41, 5.74) is 4.76. The number of carbonyl (C=O) groups excluding carboxylic acids is 1. The number of carbonyl (C=O) groups is 1. The predicted molar refractivity (Wildman–Crippen MR) is 108 cm³/mol. The lowest BCUT2D eigenvalue weighted by Crippen LogP contribution is -2.36. The number of benzene rings is 1. The Morgan fingerprint density at radius 2 is 2.18 bits per heavy atom. The minimum atomic E-state index is -0.390. The largest absolute Gasteiger partial charge is 0.453 e. The fourth-order valence-electron chi connectivity index (χ4n) is 3.55. The standard InChI is InChI=1S/C21H19ClFN3O2/c1-12-6-7-26(21(27)28-2)11-15(12)14-8-13-9-18(25-20(13)24-10-14)19-16(22)4-3-5-17(19)23/h3-5,8-10H,6-7,11H2,1-2H3,(H,24,25). The summed E-state index contributed by atoms with van der Waals surface area (Å²) in [6.45, 7) is 3.18. The van der Waals surface area contributed by atoms with E-state index in [1.807, 2.05) is 12.1 Å². The van der Waals surface area contributed by atoms with E-state index in [1.54, 1.807) is 23.2 Å². The summed E-state index contributed by atoms with van der Waals surface area (Å²) in [6.07, 6.45) is 2.22. The number of aromatic amines is 1. The van der Waals surface area contributed by atoms with Crippen LogP contribution >= 0.6 is 11.6 Å². The van der Waals surface area contributed by atoms with E-state index in [4.69, 9.17) is 16.3 Å². The number of pyridine rings is 1. The van der Waals surface area contributed by atoms with Crippen LogP contribution in [-0.4, -0.2) is 41.2 Å². The lowest BCUT2D eigenvalue weighted by molar-refractivity contribution is 0.128. The van der Waals surface area contributed by atoms with E-state index in [0.717, 1.165) is 22.9 Å². The first-order valence-corrected chi connectivity index (χ1v) is 9.30. The van der Waals surface area contributed by atoms with Crippen LogP contribution in [0, 0.1) is 5.82 Å². The number of ether oxygens (including phenoxy) is 1. The van der Waals surface area contributed by atoms with Gasteiger partial charge >= 0.3 is 6.09 Å². The third-order valence-corrected chi connectivity index (χ3v) is 5.42. The molecule has 1 aliphatic rings. The highest BCUT2D eigenvalue weighted by atomic mass is 35.5. The third kappa shape index (κ3) is 3.24. The van der Waals surface area contributed by atoms with Crippen LogP contribution in [0.5, 0.6) is 0 Å². The number of halogens is 2. The number of nitrogens with one attached hydrogen (secondary N) is 1. The van der Waals surface area contributed by atoms with Crippen molar-refractivity contribution in [3.05, 3.63) is 58.5 Å². The van der Waals surface area contributed by atoms with Crippen molar-refractivity contribution in [2.24, 2.45) is 0 Å². The van der Waals surface area contributed by atoms with Crippen molar-refractivity contribution in [2.75, 3.05) is 20.2 Å². The molecule has 0 spiro atoms. The number of aromatic nitrogens is 2. The molecule has 0 unspecified atom stereocenters. The number of amides is 1. The van der Waals surface area contributed by atoms with E-state index in [-0.39, 0.29) is 11.9 Å². The molecule has 3 aromatic rings. The molecule has 0 saturated heterocycles. The molecule has 5 nitrogen and oxygen atoms in total. The summed E-state index contributed by atoms with van der Waals surface area (Å²) in [5, 5.41) is 1.19. The van der Waals surface area contributed by atoms with Crippen molar-refractivity contribution in [2.45, 2.75) is 13.3 Å². The van der Waals surface area contributed by atoms with E-state index >= 15 is 0 Å². The molecule has 0 radical (unpaired) electrons. The zero-order chi connectivity index (χ0) is 19.8. The fourth-order valence-corrected chi connectivity index (χ4v) is 3.82. The number of nitrogens with zero attached hydrogens (tertiary/aromatic N) is 2. The molecule has 1 amide bonds. The highest BCUT2D eigenvalue weighted by Gasteiger charge is 2.23. The van der Waals surface area contributed by atoms with Gasteiger partial charge in [-0.05, 0) is 48.7 Å². The van der Waals surface area contributed by atoms with Crippen LogP contribution in [0.1, 0.15) is 18.9 Å².